The highest BCUT2D eigenvalue weighted by Gasteiger charge is 2.11. The Hall–Kier alpha value is -1.56. The van der Waals surface area contributed by atoms with E-state index in [1.54, 1.807) is 11.8 Å². The summed E-state index contributed by atoms with van der Waals surface area (Å²) < 4.78 is 0. The van der Waals surface area contributed by atoms with E-state index in [-0.39, 0.29) is 11.2 Å². The number of carbonyl (C=O) groups is 1. The largest absolute Gasteiger partial charge is 0.394 e. The second-order valence-corrected chi connectivity index (χ2v) is 4.42. The fourth-order valence-electron chi connectivity index (χ4n) is 1.70. The maximum Gasteiger partial charge on any atom is 0.224 e. The molecule has 19 heavy (non-hydrogen) atoms. The number of aromatic nitrogens is 2. The van der Waals surface area contributed by atoms with Gasteiger partial charge in [-0.25, -0.2) is 4.98 Å². The van der Waals surface area contributed by atoms with Crippen LogP contribution in [0.15, 0.2) is 0 Å². The summed E-state index contributed by atoms with van der Waals surface area (Å²) in [7, 11) is 0. The molecule has 1 aromatic rings. The molecule has 0 saturated heterocycles. The van der Waals surface area contributed by atoms with Crippen molar-refractivity contribution in [2.75, 3.05) is 30.7 Å². The Bertz CT molecular complexity index is 448. The molecule has 106 valence electrons. The lowest BCUT2D eigenvalue weighted by molar-refractivity contribution is -0.130. The number of hydrogen-bond acceptors (Lipinski definition) is 5. The van der Waals surface area contributed by atoms with Crippen molar-refractivity contribution in [1.29, 1.82) is 0 Å². The van der Waals surface area contributed by atoms with Crippen LogP contribution in [0.2, 0.25) is 5.28 Å². The summed E-state index contributed by atoms with van der Waals surface area (Å²) in [6.07, 6.45) is 0.391. The summed E-state index contributed by atoms with van der Waals surface area (Å²) >= 11 is 5.77. The molecule has 0 saturated carbocycles. The summed E-state index contributed by atoms with van der Waals surface area (Å²) in [5.41, 5.74) is 6.92. The van der Waals surface area contributed by atoms with Gasteiger partial charge in [-0.15, -0.1) is 0 Å². The molecule has 0 aliphatic rings. The van der Waals surface area contributed by atoms with Crippen molar-refractivity contribution < 1.29 is 4.79 Å². The van der Waals surface area contributed by atoms with Crippen molar-refractivity contribution in [1.82, 2.24) is 14.9 Å². The van der Waals surface area contributed by atoms with Gasteiger partial charge in [0, 0.05) is 26.1 Å². The molecule has 0 aliphatic heterocycles. The molecular weight excluding hydrogens is 266 g/mol. The summed E-state index contributed by atoms with van der Waals surface area (Å²) in [5.74, 6) is 0.581. The molecule has 0 radical (unpaired) electrons. The third kappa shape index (κ3) is 4.24. The minimum absolute atomic E-state index is 0.105. The van der Waals surface area contributed by atoms with Crippen LogP contribution in [-0.4, -0.2) is 40.4 Å². The average molecular weight is 286 g/mol. The predicted molar refractivity (Wildman–Crippen MR) is 77.2 cm³/mol. The smallest absolute Gasteiger partial charge is 0.224 e. The van der Waals surface area contributed by atoms with Crippen LogP contribution in [0.4, 0.5) is 11.5 Å². The third-order valence-corrected chi connectivity index (χ3v) is 3.03. The van der Waals surface area contributed by atoms with Gasteiger partial charge in [0.2, 0.25) is 11.2 Å². The fraction of sp³-hybridized carbons (Fsp3) is 0.583. The van der Waals surface area contributed by atoms with Gasteiger partial charge in [-0.2, -0.15) is 4.98 Å². The Morgan fingerprint density at radius 3 is 2.58 bits per heavy atom. The topological polar surface area (TPSA) is 84.1 Å². The minimum Gasteiger partial charge on any atom is -0.394 e. The molecule has 1 aromatic heterocycles. The van der Waals surface area contributed by atoms with Crippen LogP contribution < -0.4 is 11.1 Å². The highest BCUT2D eigenvalue weighted by molar-refractivity contribution is 6.28. The van der Waals surface area contributed by atoms with Gasteiger partial charge in [-0.1, -0.05) is 0 Å². The van der Waals surface area contributed by atoms with Gasteiger partial charge in [0.25, 0.3) is 0 Å². The summed E-state index contributed by atoms with van der Waals surface area (Å²) in [4.78, 5) is 21.5. The quantitative estimate of drug-likeness (QED) is 0.777. The molecule has 6 nitrogen and oxygen atoms in total. The summed E-state index contributed by atoms with van der Waals surface area (Å²) in [6.45, 7) is 7.58. The minimum atomic E-state index is 0.105. The molecule has 0 fully saturated rings. The average Bonchev–Trinajstić information content (AvgIpc) is 2.36. The van der Waals surface area contributed by atoms with Crippen molar-refractivity contribution in [2.45, 2.75) is 27.2 Å². The van der Waals surface area contributed by atoms with Crippen LogP contribution in [0, 0.1) is 6.92 Å². The zero-order valence-corrected chi connectivity index (χ0v) is 12.3. The van der Waals surface area contributed by atoms with E-state index in [9.17, 15) is 4.79 Å². The number of anilines is 2. The second kappa shape index (κ2) is 7.13. The van der Waals surface area contributed by atoms with Crippen LogP contribution in [0.3, 0.4) is 0 Å². The Kier molecular flexibility index (Phi) is 5.82. The Balaban J connectivity index is 2.56. The van der Waals surface area contributed by atoms with Crippen molar-refractivity contribution >= 4 is 29.0 Å². The SMILES string of the molecule is CCN(CC)C(=O)CCNc1nc(Cl)nc(C)c1N. The van der Waals surface area contributed by atoms with Crippen LogP contribution in [0.5, 0.6) is 0 Å². The highest BCUT2D eigenvalue weighted by atomic mass is 35.5. The zero-order valence-electron chi connectivity index (χ0n) is 11.5. The molecular formula is C12H20ClN5O. The first-order chi connectivity index (χ1) is 8.99. The predicted octanol–water partition coefficient (Wildman–Crippen LogP) is 1.69. The molecule has 1 amide bonds. The lowest BCUT2D eigenvalue weighted by atomic mass is 10.3. The molecule has 1 heterocycles. The zero-order chi connectivity index (χ0) is 14.4. The van der Waals surface area contributed by atoms with E-state index in [2.05, 4.69) is 15.3 Å². The third-order valence-electron chi connectivity index (χ3n) is 2.86. The van der Waals surface area contributed by atoms with Crippen molar-refractivity contribution in [3.05, 3.63) is 11.0 Å². The molecule has 0 atom stereocenters. The lowest BCUT2D eigenvalue weighted by Gasteiger charge is -2.18. The number of rotatable bonds is 6. The number of nitrogens with zero attached hydrogens (tertiary/aromatic N) is 3. The lowest BCUT2D eigenvalue weighted by Crippen LogP contribution is -2.31. The first-order valence-electron chi connectivity index (χ1n) is 6.30. The van der Waals surface area contributed by atoms with Gasteiger partial charge in [-0.05, 0) is 32.4 Å². The van der Waals surface area contributed by atoms with E-state index in [1.807, 2.05) is 13.8 Å². The number of hydrogen-bond donors (Lipinski definition) is 2. The van der Waals surface area contributed by atoms with E-state index >= 15 is 0 Å². The molecule has 0 aliphatic carbocycles. The Morgan fingerprint density at radius 2 is 2.00 bits per heavy atom. The number of nitrogens with one attached hydrogen (secondary N) is 1. The van der Waals surface area contributed by atoms with E-state index in [1.165, 1.54) is 0 Å². The summed E-state index contributed by atoms with van der Waals surface area (Å²) in [6, 6.07) is 0. The first-order valence-corrected chi connectivity index (χ1v) is 6.68. The van der Waals surface area contributed by atoms with Crippen molar-refractivity contribution in [3.63, 3.8) is 0 Å². The highest BCUT2D eigenvalue weighted by Crippen LogP contribution is 2.20. The number of halogens is 1. The van der Waals surface area contributed by atoms with E-state index < -0.39 is 0 Å². The standard InChI is InChI=1S/C12H20ClN5O/c1-4-18(5-2)9(19)6-7-15-11-10(14)8(3)16-12(13)17-11/h4-7,14H2,1-3H3,(H,15,16,17). The van der Waals surface area contributed by atoms with Crippen LogP contribution >= 0.6 is 11.6 Å². The van der Waals surface area contributed by atoms with E-state index in [4.69, 9.17) is 17.3 Å². The Morgan fingerprint density at radius 1 is 1.37 bits per heavy atom. The maximum absolute atomic E-state index is 11.8. The Labute approximate surface area is 118 Å². The molecule has 1 rings (SSSR count). The maximum atomic E-state index is 11.8. The van der Waals surface area contributed by atoms with Crippen LogP contribution in [-0.2, 0) is 4.79 Å². The van der Waals surface area contributed by atoms with Gasteiger partial charge in [-0.3, -0.25) is 4.79 Å². The molecule has 0 bridgehead atoms. The molecule has 3 N–H and O–H groups in total. The van der Waals surface area contributed by atoms with Crippen molar-refractivity contribution in [3.8, 4) is 0 Å². The molecule has 7 heteroatoms. The second-order valence-electron chi connectivity index (χ2n) is 4.08. The summed E-state index contributed by atoms with van der Waals surface area (Å²) in [5, 5.41) is 3.16. The fourth-order valence-corrected chi connectivity index (χ4v) is 1.92. The van der Waals surface area contributed by atoms with E-state index in [0.29, 0.717) is 30.2 Å². The first kappa shape index (κ1) is 15.5. The number of nitrogens with two attached hydrogens (primary N) is 1. The van der Waals surface area contributed by atoms with Gasteiger partial charge in [0.1, 0.15) is 0 Å². The van der Waals surface area contributed by atoms with Gasteiger partial charge in [0.05, 0.1) is 11.4 Å². The number of aryl methyl sites for hydroxylation is 1. The molecule has 0 spiro atoms. The number of nitrogen functional groups attached to an aromatic ring is 1. The molecule has 0 unspecified atom stereocenters. The van der Waals surface area contributed by atoms with E-state index in [0.717, 1.165) is 13.1 Å². The molecule has 0 aromatic carbocycles. The van der Waals surface area contributed by atoms with Crippen LogP contribution in [0.25, 0.3) is 0 Å². The number of amides is 1. The van der Waals surface area contributed by atoms with Crippen molar-refractivity contribution in [2.24, 2.45) is 0 Å². The van der Waals surface area contributed by atoms with Gasteiger partial charge in [0.15, 0.2) is 5.82 Å². The van der Waals surface area contributed by atoms with Gasteiger partial charge >= 0.3 is 0 Å². The normalized spacial score (nSPS) is 10.3. The number of carbonyl (C=O) groups excluding carboxylic acids is 1. The van der Waals surface area contributed by atoms with Gasteiger partial charge < -0.3 is 16.0 Å². The van der Waals surface area contributed by atoms with Crippen LogP contribution in [0.1, 0.15) is 26.0 Å². The monoisotopic (exact) mass is 285 g/mol.